The fourth-order valence-electron chi connectivity index (χ4n) is 2.09. The molecule has 0 bridgehead atoms. The van der Waals surface area contributed by atoms with Crippen LogP contribution in [0.1, 0.15) is 16.1 Å². The minimum atomic E-state index is -0.369. The van der Waals surface area contributed by atoms with Gasteiger partial charge in [-0.2, -0.15) is 5.10 Å². The molecule has 0 saturated carbocycles. The molecule has 6 heteroatoms. The monoisotopic (exact) mass is 296 g/mol. The minimum Gasteiger partial charge on any atom is -0.346 e. The van der Waals surface area contributed by atoms with Crippen LogP contribution in [0.15, 0.2) is 54.9 Å². The first-order valence-electron chi connectivity index (χ1n) is 6.71. The highest BCUT2D eigenvalue weighted by atomic mass is 19.1. The Balaban J connectivity index is 1.78. The van der Waals surface area contributed by atoms with E-state index in [1.54, 1.807) is 18.3 Å². The fourth-order valence-corrected chi connectivity index (χ4v) is 2.09. The number of hydrogen-bond acceptors (Lipinski definition) is 3. The van der Waals surface area contributed by atoms with E-state index in [1.807, 2.05) is 18.2 Å². The third-order valence-electron chi connectivity index (χ3n) is 3.15. The summed E-state index contributed by atoms with van der Waals surface area (Å²) in [6.07, 6.45) is 3.09. The minimum absolute atomic E-state index is 0.293. The van der Waals surface area contributed by atoms with Crippen LogP contribution in [0.5, 0.6) is 0 Å². The quantitative estimate of drug-likeness (QED) is 0.777. The predicted molar refractivity (Wildman–Crippen MR) is 79.4 cm³/mol. The number of carbonyl (C=O) groups excluding carboxylic acids is 1. The first kappa shape index (κ1) is 13.9. The van der Waals surface area contributed by atoms with Gasteiger partial charge in [-0.1, -0.05) is 18.2 Å². The summed E-state index contributed by atoms with van der Waals surface area (Å²) in [5.41, 5.74) is 2.17. The van der Waals surface area contributed by atoms with Crippen molar-refractivity contribution in [3.05, 3.63) is 71.9 Å². The lowest BCUT2D eigenvalue weighted by molar-refractivity contribution is 0.0951. The molecule has 1 aromatic carbocycles. The molecule has 5 nitrogen and oxygen atoms in total. The standard InChI is InChI=1S/C16H13FN4O/c17-12-5-3-4-11(8-12)15-14(10-20-21-15)16(22)19-9-13-6-1-2-7-18-13/h1-8,10H,9H2,(H,19,22)(H,20,21). The first-order valence-corrected chi connectivity index (χ1v) is 6.71. The van der Waals surface area contributed by atoms with Crippen molar-refractivity contribution in [2.45, 2.75) is 6.54 Å². The molecule has 0 atom stereocenters. The molecule has 0 spiro atoms. The van der Waals surface area contributed by atoms with Crippen LogP contribution in [0.3, 0.4) is 0 Å². The van der Waals surface area contributed by atoms with Crippen LogP contribution < -0.4 is 5.32 Å². The van der Waals surface area contributed by atoms with Crippen molar-refractivity contribution in [2.24, 2.45) is 0 Å². The van der Waals surface area contributed by atoms with Gasteiger partial charge >= 0.3 is 0 Å². The SMILES string of the molecule is O=C(NCc1ccccn1)c1cn[nH]c1-c1cccc(F)c1. The molecule has 110 valence electrons. The smallest absolute Gasteiger partial charge is 0.255 e. The number of aromatic amines is 1. The number of benzene rings is 1. The number of rotatable bonds is 4. The number of nitrogens with one attached hydrogen (secondary N) is 2. The lowest BCUT2D eigenvalue weighted by Crippen LogP contribution is -2.23. The summed E-state index contributed by atoms with van der Waals surface area (Å²) in [6.45, 7) is 0.313. The maximum absolute atomic E-state index is 13.3. The Morgan fingerprint density at radius 1 is 1.23 bits per heavy atom. The second kappa shape index (κ2) is 6.17. The summed E-state index contributed by atoms with van der Waals surface area (Å²) in [4.78, 5) is 16.4. The van der Waals surface area contributed by atoms with Gasteiger partial charge in [0, 0.05) is 11.8 Å². The zero-order chi connectivity index (χ0) is 15.4. The normalized spacial score (nSPS) is 10.4. The molecule has 2 aromatic heterocycles. The fraction of sp³-hybridized carbons (Fsp3) is 0.0625. The molecule has 3 aromatic rings. The highest BCUT2D eigenvalue weighted by Crippen LogP contribution is 2.21. The molecule has 0 unspecified atom stereocenters. The molecule has 3 rings (SSSR count). The molecule has 2 N–H and O–H groups in total. The number of H-pyrrole nitrogens is 1. The van der Waals surface area contributed by atoms with Gasteiger partial charge in [0.2, 0.25) is 0 Å². The summed E-state index contributed by atoms with van der Waals surface area (Å²) in [5, 5.41) is 9.39. The topological polar surface area (TPSA) is 70.7 Å². The first-order chi connectivity index (χ1) is 10.7. The Morgan fingerprint density at radius 3 is 2.91 bits per heavy atom. The molecule has 2 heterocycles. The second-order valence-corrected chi connectivity index (χ2v) is 4.67. The largest absolute Gasteiger partial charge is 0.346 e. The van der Waals surface area contributed by atoms with Gasteiger partial charge < -0.3 is 5.32 Å². The van der Waals surface area contributed by atoms with E-state index in [4.69, 9.17) is 0 Å². The van der Waals surface area contributed by atoms with E-state index in [2.05, 4.69) is 20.5 Å². The van der Waals surface area contributed by atoms with Crippen LogP contribution in [0, 0.1) is 5.82 Å². The molecule has 1 amide bonds. The van der Waals surface area contributed by atoms with Crippen LogP contribution in [0.25, 0.3) is 11.3 Å². The van der Waals surface area contributed by atoms with Crippen molar-refractivity contribution < 1.29 is 9.18 Å². The van der Waals surface area contributed by atoms with Crippen molar-refractivity contribution in [1.29, 1.82) is 0 Å². The number of amides is 1. The zero-order valence-electron chi connectivity index (χ0n) is 11.6. The van der Waals surface area contributed by atoms with Gasteiger partial charge in [-0.3, -0.25) is 14.9 Å². The van der Waals surface area contributed by atoms with Crippen LogP contribution in [0.2, 0.25) is 0 Å². The third-order valence-corrected chi connectivity index (χ3v) is 3.15. The van der Waals surface area contributed by atoms with Gasteiger partial charge in [0.1, 0.15) is 5.82 Å². The van der Waals surface area contributed by atoms with E-state index in [0.717, 1.165) is 5.69 Å². The Kier molecular flexibility index (Phi) is 3.91. The molecule has 0 saturated heterocycles. The second-order valence-electron chi connectivity index (χ2n) is 4.67. The Hall–Kier alpha value is -3.02. The van der Waals surface area contributed by atoms with Crippen molar-refractivity contribution in [3.8, 4) is 11.3 Å². The number of nitrogens with zero attached hydrogens (tertiary/aromatic N) is 2. The molecule has 0 aliphatic rings. The molecule has 0 radical (unpaired) electrons. The van der Waals surface area contributed by atoms with E-state index >= 15 is 0 Å². The molecule has 22 heavy (non-hydrogen) atoms. The van der Waals surface area contributed by atoms with E-state index in [-0.39, 0.29) is 11.7 Å². The molecule has 0 fully saturated rings. The van der Waals surface area contributed by atoms with Crippen molar-refractivity contribution >= 4 is 5.91 Å². The lowest BCUT2D eigenvalue weighted by atomic mass is 10.1. The highest BCUT2D eigenvalue weighted by molar-refractivity contribution is 5.99. The Labute approximate surface area is 126 Å². The van der Waals surface area contributed by atoms with Gasteiger partial charge in [-0.05, 0) is 24.3 Å². The maximum atomic E-state index is 13.3. The van der Waals surface area contributed by atoms with Crippen LogP contribution >= 0.6 is 0 Å². The zero-order valence-corrected chi connectivity index (χ0v) is 11.6. The van der Waals surface area contributed by atoms with E-state index in [9.17, 15) is 9.18 Å². The Bertz CT molecular complexity index is 786. The average Bonchev–Trinajstić information content (AvgIpc) is 3.03. The van der Waals surface area contributed by atoms with Gasteiger partial charge in [0.15, 0.2) is 0 Å². The van der Waals surface area contributed by atoms with Gasteiger partial charge in [-0.25, -0.2) is 4.39 Å². The van der Waals surface area contributed by atoms with Crippen LogP contribution in [0.4, 0.5) is 4.39 Å². The number of hydrogen-bond donors (Lipinski definition) is 2. The van der Waals surface area contributed by atoms with Gasteiger partial charge in [0.05, 0.1) is 29.7 Å². The number of halogens is 1. The number of pyridine rings is 1. The number of aromatic nitrogens is 3. The average molecular weight is 296 g/mol. The summed E-state index contributed by atoms with van der Waals surface area (Å²) in [7, 11) is 0. The Morgan fingerprint density at radius 2 is 2.14 bits per heavy atom. The summed E-state index contributed by atoms with van der Waals surface area (Å²) >= 11 is 0. The van der Waals surface area contributed by atoms with E-state index in [1.165, 1.54) is 18.3 Å². The van der Waals surface area contributed by atoms with Crippen molar-refractivity contribution in [2.75, 3.05) is 0 Å². The summed E-state index contributed by atoms with van der Waals surface area (Å²) < 4.78 is 13.3. The van der Waals surface area contributed by atoms with Crippen LogP contribution in [-0.4, -0.2) is 21.1 Å². The van der Waals surface area contributed by atoms with Gasteiger partial charge in [0.25, 0.3) is 5.91 Å². The highest BCUT2D eigenvalue weighted by Gasteiger charge is 2.15. The maximum Gasteiger partial charge on any atom is 0.255 e. The molecular formula is C16H13FN4O. The van der Waals surface area contributed by atoms with E-state index < -0.39 is 0 Å². The third kappa shape index (κ3) is 3.01. The predicted octanol–water partition coefficient (Wildman–Crippen LogP) is 2.54. The van der Waals surface area contributed by atoms with Gasteiger partial charge in [-0.15, -0.1) is 0 Å². The molecular weight excluding hydrogens is 283 g/mol. The van der Waals surface area contributed by atoms with Crippen molar-refractivity contribution in [1.82, 2.24) is 20.5 Å². The summed E-state index contributed by atoms with van der Waals surface area (Å²) in [5.74, 6) is -0.661. The summed E-state index contributed by atoms with van der Waals surface area (Å²) in [6, 6.07) is 11.5. The van der Waals surface area contributed by atoms with Crippen molar-refractivity contribution in [3.63, 3.8) is 0 Å². The van der Waals surface area contributed by atoms with Crippen LogP contribution in [-0.2, 0) is 6.54 Å². The lowest BCUT2D eigenvalue weighted by Gasteiger charge is -2.05. The molecule has 0 aliphatic heterocycles. The molecule has 0 aliphatic carbocycles. The van der Waals surface area contributed by atoms with E-state index in [0.29, 0.717) is 23.4 Å². The number of carbonyl (C=O) groups is 1.